The van der Waals surface area contributed by atoms with Gasteiger partial charge in [-0.3, -0.25) is 9.59 Å². The lowest BCUT2D eigenvalue weighted by atomic mass is 9.86. The monoisotopic (exact) mass is 464 g/mol. The van der Waals surface area contributed by atoms with Gasteiger partial charge in [-0.15, -0.1) is 6.58 Å². The number of hydrazine groups is 1. The molecule has 0 fully saturated rings. The fourth-order valence-electron chi connectivity index (χ4n) is 4.29. The maximum Gasteiger partial charge on any atom is 0.252 e. The van der Waals surface area contributed by atoms with E-state index >= 15 is 0 Å². The molecule has 7 nitrogen and oxygen atoms in total. The van der Waals surface area contributed by atoms with E-state index in [0.29, 0.717) is 37.4 Å². The summed E-state index contributed by atoms with van der Waals surface area (Å²) in [6.07, 6.45) is 9.40. The van der Waals surface area contributed by atoms with Gasteiger partial charge in [0.15, 0.2) is 5.78 Å². The van der Waals surface area contributed by atoms with Crippen molar-refractivity contribution in [3.63, 3.8) is 0 Å². The van der Waals surface area contributed by atoms with E-state index in [-0.39, 0.29) is 17.1 Å². The summed E-state index contributed by atoms with van der Waals surface area (Å²) in [6.45, 7) is 9.37. The first kappa shape index (κ1) is 25.4. The average Bonchev–Trinajstić information content (AvgIpc) is 2.84. The Balaban J connectivity index is 1.45. The third-order valence-electron chi connectivity index (χ3n) is 6.27. The van der Waals surface area contributed by atoms with Crippen molar-refractivity contribution in [3.05, 3.63) is 65.4 Å². The molecule has 0 spiro atoms. The molecule has 0 radical (unpaired) electrons. The number of ether oxygens (including phenoxy) is 1. The van der Waals surface area contributed by atoms with Crippen LogP contribution in [0.3, 0.4) is 0 Å². The van der Waals surface area contributed by atoms with Gasteiger partial charge >= 0.3 is 0 Å². The summed E-state index contributed by atoms with van der Waals surface area (Å²) >= 11 is 0. The summed E-state index contributed by atoms with van der Waals surface area (Å²) in [4.78, 5) is 28.7. The first-order valence-corrected chi connectivity index (χ1v) is 12.0. The molecule has 3 rings (SSSR count). The van der Waals surface area contributed by atoms with Crippen molar-refractivity contribution >= 4 is 17.5 Å². The summed E-state index contributed by atoms with van der Waals surface area (Å²) in [5.41, 5.74) is 6.00. The quantitative estimate of drug-likeness (QED) is 0.183. The Kier molecular flexibility index (Phi) is 8.82. The Hall–Kier alpha value is -3.19. The van der Waals surface area contributed by atoms with Gasteiger partial charge in [0.25, 0.3) is 5.91 Å². The molecule has 34 heavy (non-hydrogen) atoms. The Morgan fingerprint density at radius 3 is 2.76 bits per heavy atom. The molecule has 1 heterocycles. The van der Waals surface area contributed by atoms with Gasteiger partial charge in [-0.25, -0.2) is 10.8 Å². The number of benzene rings is 1. The predicted octanol–water partition coefficient (Wildman–Crippen LogP) is 4.62. The number of carbonyl (C=O) groups is 2. The molecule has 0 aliphatic heterocycles. The largest absolute Gasteiger partial charge is 0.493 e. The molecule has 2 aromatic rings. The highest BCUT2D eigenvalue weighted by molar-refractivity contribution is 5.99. The van der Waals surface area contributed by atoms with E-state index in [4.69, 9.17) is 10.6 Å². The van der Waals surface area contributed by atoms with Crippen LogP contribution in [0.15, 0.2) is 43.1 Å². The van der Waals surface area contributed by atoms with Crippen LogP contribution in [-0.2, 0) is 12.8 Å². The Morgan fingerprint density at radius 2 is 2.06 bits per heavy atom. The number of fused-ring (bicyclic) bond motifs is 1. The minimum Gasteiger partial charge on any atom is -0.493 e. The van der Waals surface area contributed by atoms with Gasteiger partial charge in [0.2, 0.25) is 0 Å². The van der Waals surface area contributed by atoms with Crippen LogP contribution < -0.4 is 21.3 Å². The number of pyridine rings is 1. The summed E-state index contributed by atoms with van der Waals surface area (Å²) in [6, 6.07) is 7.21. The number of nitrogens with zero attached hydrogens (tertiary/aromatic N) is 1. The first-order valence-electron chi connectivity index (χ1n) is 12.0. The van der Waals surface area contributed by atoms with Gasteiger partial charge < -0.3 is 15.5 Å². The SMILES string of the molecule is C=CCc1c(OCCCCC(C)(C)CNC(=O)c2ccc(NN)nc2)ccc2c1CCCC2=O. The molecule has 0 bridgehead atoms. The van der Waals surface area contributed by atoms with Gasteiger partial charge in [-0.2, -0.15) is 0 Å². The van der Waals surface area contributed by atoms with Crippen LogP contribution in [-0.4, -0.2) is 29.8 Å². The summed E-state index contributed by atoms with van der Waals surface area (Å²) in [7, 11) is 0. The van der Waals surface area contributed by atoms with E-state index in [9.17, 15) is 9.59 Å². The highest BCUT2D eigenvalue weighted by Crippen LogP contribution is 2.32. The summed E-state index contributed by atoms with van der Waals surface area (Å²) < 4.78 is 6.13. The van der Waals surface area contributed by atoms with E-state index in [1.165, 1.54) is 6.20 Å². The number of unbranched alkanes of at least 4 members (excludes halogenated alkanes) is 1. The molecule has 0 saturated heterocycles. The third-order valence-corrected chi connectivity index (χ3v) is 6.27. The van der Waals surface area contributed by atoms with E-state index in [2.05, 4.69) is 36.2 Å². The number of Topliss-reactive ketones (excluding diaryl/α,β-unsaturated/α-hetero) is 1. The molecular weight excluding hydrogens is 428 g/mol. The second-order valence-electron chi connectivity index (χ2n) is 9.57. The number of amides is 1. The molecule has 1 aliphatic rings. The number of hydrogen-bond donors (Lipinski definition) is 3. The van der Waals surface area contributed by atoms with E-state index in [0.717, 1.165) is 54.5 Å². The van der Waals surface area contributed by atoms with Gasteiger partial charge in [0.05, 0.1) is 12.2 Å². The number of allylic oxidation sites excluding steroid dienone is 1. The number of ketones is 1. The van der Waals surface area contributed by atoms with E-state index in [1.807, 2.05) is 18.2 Å². The zero-order valence-corrected chi connectivity index (χ0v) is 20.3. The van der Waals surface area contributed by atoms with Crippen molar-refractivity contribution in [2.24, 2.45) is 11.3 Å². The minimum atomic E-state index is -0.145. The van der Waals surface area contributed by atoms with Crippen LogP contribution >= 0.6 is 0 Å². The fraction of sp³-hybridized carbons (Fsp3) is 0.444. The molecule has 4 N–H and O–H groups in total. The molecule has 0 saturated carbocycles. The minimum absolute atomic E-state index is 0.0397. The lowest BCUT2D eigenvalue weighted by Crippen LogP contribution is -2.34. The normalized spacial score (nSPS) is 13.2. The number of carbonyl (C=O) groups excluding carboxylic acids is 2. The Bertz CT molecular complexity index is 1020. The van der Waals surface area contributed by atoms with Crippen molar-refractivity contribution in [2.75, 3.05) is 18.6 Å². The van der Waals surface area contributed by atoms with Gasteiger partial charge in [0.1, 0.15) is 11.6 Å². The number of nitrogens with two attached hydrogens (primary N) is 1. The maximum atomic E-state index is 12.4. The molecule has 1 aromatic carbocycles. The van der Waals surface area contributed by atoms with Crippen molar-refractivity contribution < 1.29 is 14.3 Å². The average molecular weight is 465 g/mol. The second kappa shape index (κ2) is 11.8. The molecule has 1 aromatic heterocycles. The van der Waals surface area contributed by atoms with Crippen molar-refractivity contribution in [3.8, 4) is 5.75 Å². The zero-order chi connectivity index (χ0) is 24.6. The highest BCUT2D eigenvalue weighted by atomic mass is 16.5. The molecule has 1 aliphatic carbocycles. The van der Waals surface area contributed by atoms with Crippen molar-refractivity contribution in [1.29, 1.82) is 0 Å². The lowest BCUT2D eigenvalue weighted by molar-refractivity contribution is 0.0931. The zero-order valence-electron chi connectivity index (χ0n) is 20.3. The molecule has 0 atom stereocenters. The third kappa shape index (κ3) is 6.67. The number of nitrogens with one attached hydrogen (secondary N) is 2. The smallest absolute Gasteiger partial charge is 0.252 e. The van der Waals surface area contributed by atoms with Crippen LogP contribution in [0, 0.1) is 5.41 Å². The van der Waals surface area contributed by atoms with Crippen LogP contribution in [0.4, 0.5) is 5.82 Å². The Labute approximate surface area is 202 Å². The van der Waals surface area contributed by atoms with Crippen LogP contribution in [0.2, 0.25) is 0 Å². The van der Waals surface area contributed by atoms with Gasteiger partial charge in [-0.1, -0.05) is 19.9 Å². The van der Waals surface area contributed by atoms with Crippen LogP contribution in [0.1, 0.15) is 77.8 Å². The first-order chi connectivity index (χ1) is 16.3. The topological polar surface area (TPSA) is 106 Å². The molecule has 182 valence electrons. The van der Waals surface area contributed by atoms with Gasteiger partial charge in [-0.05, 0) is 73.8 Å². The Morgan fingerprint density at radius 1 is 1.24 bits per heavy atom. The summed E-state index contributed by atoms with van der Waals surface area (Å²) in [5, 5.41) is 3.00. The van der Waals surface area contributed by atoms with E-state index in [1.54, 1.807) is 12.1 Å². The number of nitrogen functional groups attached to an aromatic ring is 1. The fourth-order valence-corrected chi connectivity index (χ4v) is 4.29. The highest BCUT2D eigenvalue weighted by Gasteiger charge is 2.22. The molecular formula is C27H36N4O3. The molecule has 1 amide bonds. The number of hydrogen-bond acceptors (Lipinski definition) is 6. The molecule has 0 unspecified atom stereocenters. The number of rotatable bonds is 12. The predicted molar refractivity (Wildman–Crippen MR) is 135 cm³/mol. The number of aromatic nitrogens is 1. The van der Waals surface area contributed by atoms with Crippen LogP contribution in [0.5, 0.6) is 5.75 Å². The number of anilines is 1. The standard InChI is InChI=1S/C27H36N4O3/c1-4-8-22-20-9-7-10-23(32)21(20)12-13-24(22)34-16-6-5-15-27(2,3)18-30-26(33)19-11-14-25(31-28)29-17-19/h4,11-14,17H,1,5-10,15-16,18,28H2,2-3H3,(H,29,31)(H,30,33). The van der Waals surface area contributed by atoms with Crippen LogP contribution in [0.25, 0.3) is 0 Å². The van der Waals surface area contributed by atoms with E-state index < -0.39 is 0 Å². The molecule has 7 heteroatoms. The van der Waals surface area contributed by atoms with Crippen molar-refractivity contribution in [2.45, 2.75) is 58.8 Å². The lowest BCUT2D eigenvalue weighted by Gasteiger charge is -2.25. The van der Waals surface area contributed by atoms with Gasteiger partial charge in [0, 0.05) is 30.3 Å². The second-order valence-corrected chi connectivity index (χ2v) is 9.57. The van der Waals surface area contributed by atoms with Crippen molar-refractivity contribution in [1.82, 2.24) is 10.3 Å². The summed E-state index contributed by atoms with van der Waals surface area (Å²) in [5.74, 6) is 6.77. The maximum absolute atomic E-state index is 12.4.